The van der Waals surface area contributed by atoms with Crippen LogP contribution in [0.25, 0.3) is 10.9 Å². The van der Waals surface area contributed by atoms with E-state index in [1.54, 1.807) is 26.3 Å². The maximum absolute atomic E-state index is 14.7. The molecule has 188 valence electrons. The van der Waals surface area contributed by atoms with E-state index < -0.39 is 33.9 Å². The zero-order valence-corrected chi connectivity index (χ0v) is 20.6. The number of alkyl halides is 2. The molecule has 0 aliphatic carbocycles. The Bertz CT molecular complexity index is 1330. The van der Waals surface area contributed by atoms with Crippen molar-refractivity contribution in [2.75, 3.05) is 31.8 Å². The van der Waals surface area contributed by atoms with E-state index in [9.17, 15) is 21.6 Å². The minimum Gasteiger partial charge on any atom is -0.496 e. The second-order valence-electron chi connectivity index (χ2n) is 8.82. The molecule has 0 unspecified atom stereocenters. The van der Waals surface area contributed by atoms with Gasteiger partial charge in [0.15, 0.2) is 0 Å². The number of fused-ring (bicyclic) bond motifs is 1. The summed E-state index contributed by atoms with van der Waals surface area (Å²) in [5, 5.41) is 4.03. The van der Waals surface area contributed by atoms with Gasteiger partial charge in [-0.2, -0.15) is 0 Å². The Morgan fingerprint density at radius 3 is 2.46 bits per heavy atom. The van der Waals surface area contributed by atoms with Gasteiger partial charge in [0.2, 0.25) is 10.0 Å². The molecular weight excluding hydrogens is 479 g/mol. The molecule has 1 N–H and O–H groups in total. The summed E-state index contributed by atoms with van der Waals surface area (Å²) in [6, 6.07) is 9.00. The van der Waals surface area contributed by atoms with E-state index in [1.165, 1.54) is 22.7 Å². The van der Waals surface area contributed by atoms with Crippen molar-refractivity contribution >= 4 is 26.6 Å². The second kappa shape index (κ2) is 10.0. The van der Waals surface area contributed by atoms with Crippen LogP contribution in [0.5, 0.6) is 5.75 Å². The van der Waals surface area contributed by atoms with Crippen LogP contribution in [0.3, 0.4) is 0 Å². The van der Waals surface area contributed by atoms with Gasteiger partial charge in [0, 0.05) is 42.0 Å². The third-order valence-electron chi connectivity index (χ3n) is 6.59. The summed E-state index contributed by atoms with van der Waals surface area (Å²) in [5.41, 5.74) is 1.82. The summed E-state index contributed by atoms with van der Waals surface area (Å²) in [7, 11) is -1.65. The van der Waals surface area contributed by atoms with Crippen molar-refractivity contribution < 1.29 is 26.3 Å². The Morgan fingerprint density at radius 1 is 1.14 bits per heavy atom. The van der Waals surface area contributed by atoms with E-state index >= 15 is 0 Å². The normalized spacial score (nSPS) is 16.5. The number of methoxy groups -OCH3 is 1. The van der Waals surface area contributed by atoms with Crippen molar-refractivity contribution in [2.24, 2.45) is 0 Å². The van der Waals surface area contributed by atoms with Crippen LogP contribution in [0.15, 0.2) is 42.6 Å². The maximum Gasteiger partial charge on any atom is 0.266 e. The molecule has 0 bridgehead atoms. The molecule has 35 heavy (non-hydrogen) atoms. The van der Waals surface area contributed by atoms with E-state index in [2.05, 4.69) is 10.3 Å². The van der Waals surface area contributed by atoms with Gasteiger partial charge >= 0.3 is 0 Å². The monoisotopic (exact) mass is 507 g/mol. The molecule has 1 saturated heterocycles. The Morgan fingerprint density at radius 2 is 1.83 bits per heavy atom. The van der Waals surface area contributed by atoms with Crippen molar-refractivity contribution in [3.05, 3.63) is 65.1 Å². The zero-order chi connectivity index (χ0) is 25.3. The van der Waals surface area contributed by atoms with E-state index in [4.69, 9.17) is 4.74 Å². The van der Waals surface area contributed by atoms with Gasteiger partial charge in [0.1, 0.15) is 11.6 Å². The number of ether oxygens (including phenoxy) is 1. The number of sulfonamides is 1. The number of benzene rings is 2. The highest BCUT2D eigenvalue weighted by molar-refractivity contribution is 7.88. The number of pyridine rings is 1. The molecule has 1 atom stereocenters. The molecule has 0 radical (unpaired) electrons. The number of halogens is 3. The fraction of sp³-hybridized carbons (Fsp3) is 0.400. The molecule has 10 heteroatoms. The predicted octanol–water partition coefficient (Wildman–Crippen LogP) is 5.63. The minimum absolute atomic E-state index is 0.0954. The van der Waals surface area contributed by atoms with Crippen LogP contribution in [0.2, 0.25) is 0 Å². The Hall–Kier alpha value is -2.85. The van der Waals surface area contributed by atoms with Crippen LogP contribution in [0.4, 0.5) is 18.9 Å². The molecule has 0 spiro atoms. The van der Waals surface area contributed by atoms with Crippen LogP contribution in [0, 0.1) is 5.82 Å². The number of nitrogens with one attached hydrogen (secondary N) is 1. The lowest BCUT2D eigenvalue weighted by Crippen LogP contribution is -2.37. The summed E-state index contributed by atoms with van der Waals surface area (Å²) in [6.07, 6.45) is 1.25. The van der Waals surface area contributed by atoms with E-state index in [-0.39, 0.29) is 11.5 Å². The number of piperidine rings is 1. The second-order valence-corrected chi connectivity index (χ2v) is 10.8. The van der Waals surface area contributed by atoms with Crippen molar-refractivity contribution in [1.29, 1.82) is 0 Å². The number of rotatable bonds is 7. The Kier molecular flexibility index (Phi) is 7.23. The van der Waals surface area contributed by atoms with Crippen molar-refractivity contribution in [3.8, 4) is 5.75 Å². The summed E-state index contributed by atoms with van der Waals surface area (Å²) < 4.78 is 72.0. The highest BCUT2D eigenvalue weighted by Crippen LogP contribution is 2.39. The molecule has 0 amide bonds. The first-order valence-electron chi connectivity index (χ1n) is 11.3. The third kappa shape index (κ3) is 5.23. The summed E-state index contributed by atoms with van der Waals surface area (Å²) in [4.78, 5) is 4.44. The van der Waals surface area contributed by atoms with Gasteiger partial charge in [0.25, 0.3) is 6.43 Å². The van der Waals surface area contributed by atoms with E-state index in [0.717, 1.165) is 17.0 Å². The van der Waals surface area contributed by atoms with Crippen molar-refractivity contribution in [3.63, 3.8) is 0 Å². The standard InChI is InChI=1S/C25H28F3N3O3S/c1-15(17-5-4-6-18(24(17)26)25(27)28)30-21-7-10-29-22-14-23(34-2)19(13-20(21)22)16-8-11-31(12-9-16)35(3,32)33/h4-7,10,13-16,25H,8-9,11-12H2,1-3H3,(H,29,30)/t15-/m1/s1. The molecule has 2 aromatic carbocycles. The molecule has 4 rings (SSSR count). The zero-order valence-electron chi connectivity index (χ0n) is 19.8. The summed E-state index contributed by atoms with van der Waals surface area (Å²) in [6.45, 7) is 2.57. The molecule has 0 saturated carbocycles. The van der Waals surface area contributed by atoms with Gasteiger partial charge < -0.3 is 10.1 Å². The molecule has 3 aromatic rings. The number of hydrogen-bond acceptors (Lipinski definition) is 5. The van der Waals surface area contributed by atoms with E-state index in [0.29, 0.717) is 42.9 Å². The average molecular weight is 508 g/mol. The highest BCUT2D eigenvalue weighted by atomic mass is 32.2. The predicted molar refractivity (Wildman–Crippen MR) is 130 cm³/mol. The smallest absolute Gasteiger partial charge is 0.266 e. The van der Waals surface area contributed by atoms with Crippen molar-refractivity contribution in [2.45, 2.75) is 38.2 Å². The average Bonchev–Trinajstić information content (AvgIpc) is 2.82. The van der Waals surface area contributed by atoms with Crippen LogP contribution in [-0.4, -0.2) is 44.2 Å². The number of aromatic nitrogens is 1. The van der Waals surface area contributed by atoms with Gasteiger partial charge in [-0.1, -0.05) is 18.2 Å². The van der Waals surface area contributed by atoms with Crippen LogP contribution >= 0.6 is 0 Å². The molecular formula is C25H28F3N3O3S. The Labute approximate surface area is 203 Å². The van der Waals surface area contributed by atoms with Crippen LogP contribution in [0.1, 0.15) is 54.8 Å². The molecule has 1 aliphatic rings. The largest absolute Gasteiger partial charge is 0.496 e. The van der Waals surface area contributed by atoms with Gasteiger partial charge in [-0.15, -0.1) is 0 Å². The first kappa shape index (κ1) is 25.2. The third-order valence-corrected chi connectivity index (χ3v) is 7.89. The summed E-state index contributed by atoms with van der Waals surface area (Å²) >= 11 is 0. The lowest BCUT2D eigenvalue weighted by atomic mass is 9.88. The molecule has 1 aromatic heterocycles. The highest BCUT2D eigenvalue weighted by Gasteiger charge is 2.28. The van der Waals surface area contributed by atoms with Gasteiger partial charge in [-0.3, -0.25) is 4.98 Å². The first-order chi connectivity index (χ1) is 16.6. The maximum atomic E-state index is 14.7. The molecule has 1 fully saturated rings. The van der Waals surface area contributed by atoms with Gasteiger partial charge in [0.05, 0.1) is 30.5 Å². The topological polar surface area (TPSA) is 71.5 Å². The molecule has 1 aliphatic heterocycles. The van der Waals surface area contributed by atoms with Crippen LogP contribution < -0.4 is 10.1 Å². The lowest BCUT2D eigenvalue weighted by molar-refractivity contribution is 0.146. The quantitative estimate of drug-likeness (QED) is 0.449. The fourth-order valence-electron chi connectivity index (χ4n) is 4.69. The van der Waals surface area contributed by atoms with E-state index in [1.807, 2.05) is 12.1 Å². The Balaban J connectivity index is 1.67. The molecule has 6 nitrogen and oxygen atoms in total. The van der Waals surface area contributed by atoms with Crippen LogP contribution in [-0.2, 0) is 10.0 Å². The van der Waals surface area contributed by atoms with Crippen molar-refractivity contribution in [1.82, 2.24) is 9.29 Å². The number of anilines is 1. The number of hydrogen-bond donors (Lipinski definition) is 1. The number of nitrogens with zero attached hydrogens (tertiary/aromatic N) is 2. The van der Waals surface area contributed by atoms with Gasteiger partial charge in [-0.05, 0) is 43.4 Å². The van der Waals surface area contributed by atoms with Gasteiger partial charge in [-0.25, -0.2) is 25.9 Å². The summed E-state index contributed by atoms with van der Waals surface area (Å²) in [5.74, 6) is -0.150. The minimum atomic E-state index is -3.24. The lowest BCUT2D eigenvalue weighted by Gasteiger charge is -2.31. The molecule has 2 heterocycles. The SMILES string of the molecule is COc1cc2nccc(N[C@H](C)c3cccc(C(F)F)c3F)c2cc1C1CCN(S(C)(=O)=O)CC1. The fourth-order valence-corrected chi connectivity index (χ4v) is 5.57. The first-order valence-corrected chi connectivity index (χ1v) is 13.2.